The molecule has 3 heteroatoms. The maximum absolute atomic E-state index is 6.17. The van der Waals surface area contributed by atoms with Gasteiger partial charge in [0.1, 0.15) is 0 Å². The summed E-state index contributed by atoms with van der Waals surface area (Å²) in [5.74, 6) is 0. The molecule has 0 atom stereocenters. The van der Waals surface area contributed by atoms with Crippen molar-refractivity contribution in [3.8, 4) is 0 Å². The molecule has 0 fully saturated rings. The molecule has 0 aliphatic heterocycles. The lowest BCUT2D eigenvalue weighted by Crippen LogP contribution is -2.38. The Morgan fingerprint density at radius 3 is 2.25 bits per heavy atom. The Kier molecular flexibility index (Phi) is 3.02. The molecular formula is C9H12BrClSi. The second kappa shape index (κ2) is 3.52. The van der Waals surface area contributed by atoms with E-state index in [1.54, 1.807) is 0 Å². The molecule has 0 aliphatic rings. The first-order valence-electron chi connectivity index (χ1n) is 3.87. The van der Waals surface area contributed by atoms with Gasteiger partial charge in [0.15, 0.2) is 0 Å². The Hall–Kier alpha value is 0.207. The second-order valence-electron chi connectivity index (χ2n) is 3.85. The van der Waals surface area contributed by atoms with Gasteiger partial charge in [0.05, 0.1) is 13.1 Å². The van der Waals surface area contributed by atoms with Gasteiger partial charge in [-0.05, 0) is 27.2 Å². The van der Waals surface area contributed by atoms with Crippen LogP contribution in [0.5, 0.6) is 0 Å². The fourth-order valence-electron chi connectivity index (χ4n) is 1.08. The minimum absolute atomic E-state index is 0.886. The van der Waals surface area contributed by atoms with Crippen molar-refractivity contribution < 1.29 is 0 Å². The van der Waals surface area contributed by atoms with Gasteiger partial charge < -0.3 is 0 Å². The summed E-state index contributed by atoms with van der Waals surface area (Å²) >= 11 is 9.59. The molecule has 0 saturated heterocycles. The highest BCUT2D eigenvalue weighted by molar-refractivity contribution is 9.10. The second-order valence-corrected chi connectivity index (χ2v) is 10.1. The van der Waals surface area contributed by atoms with E-state index in [-0.39, 0.29) is 0 Å². The monoisotopic (exact) mass is 262 g/mol. The lowest BCUT2D eigenvalue weighted by Gasteiger charge is -2.18. The van der Waals surface area contributed by atoms with E-state index in [0.29, 0.717) is 0 Å². The molecule has 0 radical (unpaired) electrons. The Labute approximate surface area is 88.1 Å². The van der Waals surface area contributed by atoms with E-state index in [1.807, 2.05) is 12.1 Å². The van der Waals surface area contributed by atoms with Crippen molar-refractivity contribution >= 4 is 40.8 Å². The predicted molar refractivity (Wildman–Crippen MR) is 62.1 cm³/mol. The van der Waals surface area contributed by atoms with Crippen molar-refractivity contribution in [2.45, 2.75) is 19.6 Å². The average Bonchev–Trinajstić information content (AvgIpc) is 1.92. The number of halogens is 2. The Morgan fingerprint density at radius 1 is 1.25 bits per heavy atom. The van der Waals surface area contributed by atoms with Crippen LogP contribution in [0, 0.1) is 0 Å². The summed E-state index contributed by atoms with van der Waals surface area (Å²) in [4.78, 5) is 0. The van der Waals surface area contributed by atoms with Gasteiger partial charge in [0.25, 0.3) is 0 Å². The van der Waals surface area contributed by atoms with E-state index in [4.69, 9.17) is 11.6 Å². The molecule has 0 amide bonds. The highest BCUT2D eigenvalue weighted by Gasteiger charge is 2.20. The third-order valence-electron chi connectivity index (χ3n) is 1.76. The molecule has 1 aromatic carbocycles. The van der Waals surface area contributed by atoms with Crippen LogP contribution in [0.25, 0.3) is 0 Å². The van der Waals surface area contributed by atoms with Crippen LogP contribution in [0.15, 0.2) is 22.7 Å². The van der Waals surface area contributed by atoms with Crippen LogP contribution in [0.2, 0.25) is 24.7 Å². The van der Waals surface area contributed by atoms with Crippen molar-refractivity contribution in [1.29, 1.82) is 0 Å². The van der Waals surface area contributed by atoms with Gasteiger partial charge in [0.2, 0.25) is 0 Å². The zero-order valence-electron chi connectivity index (χ0n) is 7.49. The van der Waals surface area contributed by atoms with E-state index < -0.39 is 8.07 Å². The van der Waals surface area contributed by atoms with Crippen molar-refractivity contribution in [3.05, 3.63) is 27.7 Å². The van der Waals surface area contributed by atoms with Gasteiger partial charge in [-0.2, -0.15) is 0 Å². The minimum Gasteiger partial charge on any atom is -0.0832 e. The first kappa shape index (κ1) is 10.3. The smallest absolute Gasteiger partial charge is 0.0796 e. The van der Waals surface area contributed by atoms with Crippen LogP contribution in [-0.2, 0) is 0 Å². The van der Waals surface area contributed by atoms with Gasteiger partial charge in [-0.15, -0.1) is 0 Å². The van der Waals surface area contributed by atoms with Crippen molar-refractivity contribution in [2.24, 2.45) is 0 Å². The molecule has 1 rings (SSSR count). The summed E-state index contributed by atoms with van der Waals surface area (Å²) in [7, 11) is -1.27. The van der Waals surface area contributed by atoms with E-state index in [1.165, 1.54) is 5.19 Å². The van der Waals surface area contributed by atoms with E-state index in [9.17, 15) is 0 Å². The summed E-state index contributed by atoms with van der Waals surface area (Å²) in [6.07, 6.45) is 0. The molecular weight excluding hydrogens is 252 g/mol. The lowest BCUT2D eigenvalue weighted by atomic mass is 10.4. The predicted octanol–water partition coefficient (Wildman–Crippen LogP) is 3.65. The molecule has 0 unspecified atom stereocenters. The molecule has 1 aromatic rings. The highest BCUT2D eigenvalue weighted by Crippen LogP contribution is 2.22. The molecule has 12 heavy (non-hydrogen) atoms. The third kappa shape index (κ3) is 2.12. The van der Waals surface area contributed by atoms with Gasteiger partial charge in [-0.3, -0.25) is 0 Å². The fraction of sp³-hybridized carbons (Fsp3) is 0.333. The van der Waals surface area contributed by atoms with Crippen LogP contribution in [0.4, 0.5) is 0 Å². The Morgan fingerprint density at radius 2 is 1.83 bits per heavy atom. The highest BCUT2D eigenvalue weighted by atomic mass is 79.9. The zero-order valence-corrected chi connectivity index (χ0v) is 10.8. The molecule has 0 aliphatic carbocycles. The van der Waals surface area contributed by atoms with Crippen LogP contribution in [0.1, 0.15) is 0 Å². The third-order valence-corrected chi connectivity index (χ3v) is 5.25. The molecule has 0 spiro atoms. The SMILES string of the molecule is C[Si](C)(C)c1cccc(Br)c1Cl. The topological polar surface area (TPSA) is 0 Å². The molecule has 0 N–H and O–H groups in total. The maximum atomic E-state index is 6.17. The number of hydrogen-bond acceptors (Lipinski definition) is 0. The van der Waals surface area contributed by atoms with Gasteiger partial charge in [-0.25, -0.2) is 0 Å². The molecule has 0 saturated carbocycles. The normalized spacial score (nSPS) is 11.8. The summed E-state index contributed by atoms with van der Waals surface area (Å²) in [6, 6.07) is 6.15. The summed E-state index contributed by atoms with van der Waals surface area (Å²) < 4.78 is 1.00. The molecule has 66 valence electrons. The van der Waals surface area contributed by atoms with Crippen LogP contribution < -0.4 is 5.19 Å². The Bertz CT molecular complexity index is 291. The number of hydrogen-bond donors (Lipinski definition) is 0. The van der Waals surface area contributed by atoms with Gasteiger partial charge >= 0.3 is 0 Å². The van der Waals surface area contributed by atoms with Gasteiger partial charge in [-0.1, -0.05) is 43.4 Å². The van der Waals surface area contributed by atoms with E-state index >= 15 is 0 Å². The summed E-state index contributed by atoms with van der Waals surface area (Å²) in [5.41, 5.74) is 0. The zero-order chi connectivity index (χ0) is 9.35. The average molecular weight is 264 g/mol. The van der Waals surface area contributed by atoms with Crippen LogP contribution >= 0.6 is 27.5 Å². The summed E-state index contributed by atoms with van der Waals surface area (Å²) in [5, 5.41) is 2.20. The first-order valence-corrected chi connectivity index (χ1v) is 8.54. The molecule has 0 heterocycles. The maximum Gasteiger partial charge on any atom is 0.0796 e. The fourth-order valence-corrected chi connectivity index (χ4v) is 4.00. The Balaban J connectivity index is 3.26. The van der Waals surface area contributed by atoms with Crippen LogP contribution in [0.3, 0.4) is 0 Å². The largest absolute Gasteiger partial charge is 0.0832 e. The standard InChI is InChI=1S/C9H12BrClSi/c1-12(2,3)8-6-4-5-7(10)9(8)11/h4-6H,1-3H3. The quantitative estimate of drug-likeness (QED) is 0.679. The van der Waals surface area contributed by atoms with E-state index in [0.717, 1.165) is 9.50 Å². The van der Waals surface area contributed by atoms with Crippen molar-refractivity contribution in [3.63, 3.8) is 0 Å². The first-order chi connectivity index (χ1) is 5.43. The van der Waals surface area contributed by atoms with Gasteiger partial charge in [0, 0.05) is 4.47 Å². The molecule has 0 bridgehead atoms. The van der Waals surface area contributed by atoms with E-state index in [2.05, 4.69) is 41.6 Å². The van der Waals surface area contributed by atoms with Crippen molar-refractivity contribution in [1.82, 2.24) is 0 Å². The van der Waals surface area contributed by atoms with Crippen molar-refractivity contribution in [2.75, 3.05) is 0 Å². The minimum atomic E-state index is -1.27. The molecule has 0 aromatic heterocycles. The number of rotatable bonds is 1. The number of benzene rings is 1. The summed E-state index contributed by atoms with van der Waals surface area (Å²) in [6.45, 7) is 6.88. The molecule has 0 nitrogen and oxygen atoms in total. The lowest BCUT2D eigenvalue weighted by molar-refractivity contribution is 1.64. The van der Waals surface area contributed by atoms with Crippen LogP contribution in [-0.4, -0.2) is 8.07 Å².